The molecule has 3 aromatic rings. The molecule has 0 aliphatic heterocycles. The maximum absolute atomic E-state index is 5.99. The molecule has 3 nitrogen and oxygen atoms in total. The van der Waals surface area contributed by atoms with Crippen LogP contribution < -0.4 is 5.32 Å². The molecule has 0 radical (unpaired) electrons. The summed E-state index contributed by atoms with van der Waals surface area (Å²) in [5.41, 5.74) is 1.85. The van der Waals surface area contributed by atoms with Crippen LogP contribution in [-0.2, 0) is 0 Å². The van der Waals surface area contributed by atoms with Crippen molar-refractivity contribution in [1.29, 1.82) is 0 Å². The predicted molar refractivity (Wildman–Crippen MR) is 92.8 cm³/mol. The van der Waals surface area contributed by atoms with Crippen LogP contribution in [0.1, 0.15) is 0 Å². The predicted octanol–water partition coefficient (Wildman–Crippen LogP) is 6.02. The number of benzene rings is 2. The van der Waals surface area contributed by atoms with Crippen molar-refractivity contribution in [1.82, 2.24) is 10.2 Å². The number of hydrogen-bond acceptors (Lipinski definition) is 4. The molecule has 0 spiro atoms. The van der Waals surface area contributed by atoms with Crippen molar-refractivity contribution >= 4 is 61.3 Å². The van der Waals surface area contributed by atoms with Gasteiger partial charge < -0.3 is 5.32 Å². The van der Waals surface area contributed by atoms with Gasteiger partial charge >= 0.3 is 0 Å². The third kappa shape index (κ3) is 3.55. The second-order valence-electron chi connectivity index (χ2n) is 4.17. The van der Waals surface area contributed by atoms with E-state index in [9.17, 15) is 0 Å². The number of hydrogen-bond donors (Lipinski definition) is 1. The van der Waals surface area contributed by atoms with E-state index in [0.29, 0.717) is 15.2 Å². The molecular weight excluding hydrogens is 393 g/mol. The summed E-state index contributed by atoms with van der Waals surface area (Å²) in [6, 6.07) is 13.3. The molecule has 0 unspecified atom stereocenters. The molecule has 0 bridgehead atoms. The Morgan fingerprint density at radius 2 is 1.71 bits per heavy atom. The first-order valence-corrected chi connectivity index (χ1v) is 8.30. The topological polar surface area (TPSA) is 37.8 Å². The zero-order chi connectivity index (χ0) is 14.8. The second-order valence-corrected chi connectivity index (χ2v) is 6.88. The molecule has 21 heavy (non-hydrogen) atoms. The average molecular weight is 401 g/mol. The van der Waals surface area contributed by atoms with Crippen molar-refractivity contribution in [2.45, 2.75) is 0 Å². The number of aromatic nitrogens is 2. The van der Waals surface area contributed by atoms with Crippen LogP contribution in [0, 0.1) is 0 Å². The van der Waals surface area contributed by atoms with Crippen LogP contribution in [0.2, 0.25) is 10.0 Å². The third-order valence-corrected chi connectivity index (χ3v) is 4.84. The highest BCUT2D eigenvalue weighted by Gasteiger charge is 2.07. The number of nitrogens with one attached hydrogen (secondary N) is 1. The van der Waals surface area contributed by atoms with Crippen LogP contribution >= 0.6 is 50.5 Å². The highest BCUT2D eigenvalue weighted by Crippen LogP contribution is 2.31. The Morgan fingerprint density at radius 1 is 0.952 bits per heavy atom. The third-order valence-electron chi connectivity index (χ3n) is 2.69. The summed E-state index contributed by atoms with van der Waals surface area (Å²) in [4.78, 5) is 0. The standard InChI is InChI=1S/C14H8BrCl2N3S/c15-9-3-1-8(2-4-9)13-19-20-14(21-13)18-10-5-6-11(16)12(17)7-10/h1-7H,(H,18,20). The van der Waals surface area contributed by atoms with Crippen LogP contribution in [0.15, 0.2) is 46.9 Å². The van der Waals surface area contributed by atoms with E-state index in [1.807, 2.05) is 30.3 Å². The Morgan fingerprint density at radius 3 is 2.43 bits per heavy atom. The fraction of sp³-hybridized carbons (Fsp3) is 0. The molecule has 0 saturated carbocycles. The molecule has 0 atom stereocenters. The number of nitrogens with zero attached hydrogens (tertiary/aromatic N) is 2. The monoisotopic (exact) mass is 399 g/mol. The van der Waals surface area contributed by atoms with Gasteiger partial charge in [-0.15, -0.1) is 10.2 Å². The lowest BCUT2D eigenvalue weighted by molar-refractivity contribution is 1.10. The smallest absolute Gasteiger partial charge is 0.210 e. The van der Waals surface area contributed by atoms with Crippen molar-refractivity contribution in [3.63, 3.8) is 0 Å². The quantitative estimate of drug-likeness (QED) is 0.584. The summed E-state index contributed by atoms with van der Waals surface area (Å²) < 4.78 is 1.03. The van der Waals surface area contributed by atoms with Gasteiger partial charge in [-0.25, -0.2) is 0 Å². The van der Waals surface area contributed by atoms with E-state index in [1.54, 1.807) is 12.1 Å². The van der Waals surface area contributed by atoms with Crippen LogP contribution in [0.3, 0.4) is 0 Å². The molecule has 0 fully saturated rings. The van der Waals surface area contributed by atoms with E-state index >= 15 is 0 Å². The largest absolute Gasteiger partial charge is 0.330 e. The fourth-order valence-corrected chi connectivity index (χ4v) is 3.01. The number of anilines is 2. The average Bonchev–Trinajstić information content (AvgIpc) is 2.92. The Bertz CT molecular complexity index is 774. The van der Waals surface area contributed by atoms with Crippen LogP contribution in [-0.4, -0.2) is 10.2 Å². The minimum Gasteiger partial charge on any atom is -0.330 e. The van der Waals surface area contributed by atoms with E-state index in [-0.39, 0.29) is 0 Å². The first-order chi connectivity index (χ1) is 10.1. The van der Waals surface area contributed by atoms with E-state index < -0.39 is 0 Å². The van der Waals surface area contributed by atoms with Gasteiger partial charge in [-0.1, -0.05) is 62.6 Å². The number of rotatable bonds is 3. The molecule has 3 rings (SSSR count). The van der Waals surface area contributed by atoms with Crippen LogP contribution in [0.4, 0.5) is 10.8 Å². The first kappa shape index (κ1) is 14.8. The molecule has 2 aromatic carbocycles. The van der Waals surface area contributed by atoms with E-state index in [2.05, 4.69) is 31.4 Å². The SMILES string of the molecule is Clc1ccc(Nc2nnc(-c3ccc(Br)cc3)s2)cc1Cl. The van der Waals surface area contributed by atoms with Crippen molar-refractivity contribution in [2.24, 2.45) is 0 Å². The second kappa shape index (κ2) is 6.32. The van der Waals surface area contributed by atoms with Gasteiger partial charge in [0.15, 0.2) is 0 Å². The van der Waals surface area contributed by atoms with Gasteiger partial charge in [-0.3, -0.25) is 0 Å². The zero-order valence-corrected chi connectivity index (χ0v) is 14.4. The van der Waals surface area contributed by atoms with Gasteiger partial charge in [0, 0.05) is 15.7 Å². The Balaban J connectivity index is 1.81. The summed E-state index contributed by atoms with van der Waals surface area (Å²) in [5.74, 6) is 0. The van der Waals surface area contributed by atoms with Crippen molar-refractivity contribution in [3.8, 4) is 10.6 Å². The van der Waals surface area contributed by atoms with Crippen LogP contribution in [0.5, 0.6) is 0 Å². The van der Waals surface area contributed by atoms with Crippen molar-refractivity contribution < 1.29 is 0 Å². The zero-order valence-electron chi connectivity index (χ0n) is 10.5. The van der Waals surface area contributed by atoms with Gasteiger partial charge in [0.05, 0.1) is 10.0 Å². The molecular formula is C14H8BrCl2N3S. The highest BCUT2D eigenvalue weighted by molar-refractivity contribution is 9.10. The molecule has 1 aromatic heterocycles. The molecule has 0 saturated heterocycles. The molecule has 0 aliphatic rings. The summed E-state index contributed by atoms with van der Waals surface area (Å²) in [6.45, 7) is 0. The first-order valence-electron chi connectivity index (χ1n) is 5.93. The maximum Gasteiger partial charge on any atom is 0.210 e. The van der Waals surface area contributed by atoms with E-state index in [1.165, 1.54) is 11.3 Å². The van der Waals surface area contributed by atoms with Gasteiger partial charge in [0.1, 0.15) is 5.01 Å². The lowest BCUT2D eigenvalue weighted by atomic mass is 10.2. The number of halogens is 3. The fourth-order valence-electron chi connectivity index (χ4n) is 1.68. The van der Waals surface area contributed by atoms with Crippen molar-refractivity contribution in [3.05, 3.63) is 57.0 Å². The summed E-state index contributed by atoms with van der Waals surface area (Å²) in [7, 11) is 0. The molecule has 0 aliphatic carbocycles. The molecule has 106 valence electrons. The normalized spacial score (nSPS) is 10.6. The van der Waals surface area contributed by atoms with E-state index in [0.717, 1.165) is 20.7 Å². The highest BCUT2D eigenvalue weighted by atomic mass is 79.9. The lowest BCUT2D eigenvalue weighted by Gasteiger charge is -2.03. The van der Waals surface area contributed by atoms with Gasteiger partial charge in [0.2, 0.25) is 5.13 Å². The minimum atomic E-state index is 0.499. The minimum absolute atomic E-state index is 0.499. The van der Waals surface area contributed by atoms with Gasteiger partial charge in [0.25, 0.3) is 0 Å². The summed E-state index contributed by atoms with van der Waals surface area (Å²) in [6.07, 6.45) is 0. The Kier molecular flexibility index (Phi) is 4.45. The summed E-state index contributed by atoms with van der Waals surface area (Å²) >= 11 is 16.8. The molecule has 1 heterocycles. The molecule has 7 heteroatoms. The molecule has 0 amide bonds. The lowest BCUT2D eigenvalue weighted by Crippen LogP contribution is -1.89. The van der Waals surface area contributed by atoms with Crippen LogP contribution in [0.25, 0.3) is 10.6 Å². The van der Waals surface area contributed by atoms with Gasteiger partial charge in [-0.05, 0) is 30.3 Å². The molecule has 1 N–H and O–H groups in total. The Labute approximate surface area is 144 Å². The van der Waals surface area contributed by atoms with Crippen molar-refractivity contribution in [2.75, 3.05) is 5.32 Å². The maximum atomic E-state index is 5.99. The van der Waals surface area contributed by atoms with E-state index in [4.69, 9.17) is 23.2 Å². The Hall–Kier alpha value is -1.14. The van der Waals surface area contributed by atoms with Gasteiger partial charge in [-0.2, -0.15) is 0 Å². The summed E-state index contributed by atoms with van der Waals surface area (Å²) in [5, 5.41) is 14.1.